The molecule has 0 atom stereocenters. The topological polar surface area (TPSA) is 110 Å². The van der Waals surface area contributed by atoms with Crippen LogP contribution < -0.4 is 16.6 Å². The Morgan fingerprint density at radius 2 is 2.12 bits per heavy atom. The second kappa shape index (κ2) is 5.21. The van der Waals surface area contributed by atoms with Gasteiger partial charge in [0.15, 0.2) is 5.11 Å². The summed E-state index contributed by atoms with van der Waals surface area (Å²) in [6, 6.07) is 4.23. The van der Waals surface area contributed by atoms with Crippen molar-refractivity contribution in [2.45, 2.75) is 6.92 Å². The number of aryl methyl sites for hydroxylation is 1. The summed E-state index contributed by atoms with van der Waals surface area (Å²) in [5, 5.41) is 10.6. The van der Waals surface area contributed by atoms with Crippen LogP contribution >= 0.6 is 12.2 Å². The van der Waals surface area contributed by atoms with Gasteiger partial charge in [-0.25, -0.2) is 0 Å². The first-order chi connectivity index (χ1) is 7.91. The summed E-state index contributed by atoms with van der Waals surface area (Å²) in [5.74, 6) is -0.673. The summed E-state index contributed by atoms with van der Waals surface area (Å²) in [4.78, 5) is 21.7. The number of nitro benzene ring substituents is 1. The third kappa shape index (κ3) is 3.38. The Bertz CT molecular complexity index is 489. The third-order valence-electron chi connectivity index (χ3n) is 1.89. The van der Waals surface area contributed by atoms with Crippen LogP contribution in [-0.4, -0.2) is 15.9 Å². The molecule has 8 heteroatoms. The molecule has 0 aliphatic heterocycles. The number of hydrogen-bond donors (Lipinski definition) is 3. The SMILES string of the molecule is Cc1ccc([N+](=O)[O-])c(C(=O)NNC(N)=S)c1. The highest BCUT2D eigenvalue weighted by molar-refractivity contribution is 7.80. The second-order valence-corrected chi connectivity index (χ2v) is 3.66. The summed E-state index contributed by atoms with van der Waals surface area (Å²) < 4.78 is 0. The minimum atomic E-state index is -0.673. The van der Waals surface area contributed by atoms with Crippen molar-refractivity contribution in [2.75, 3.05) is 0 Å². The lowest BCUT2D eigenvalue weighted by Crippen LogP contribution is -2.44. The average Bonchev–Trinajstić information content (AvgIpc) is 2.25. The van der Waals surface area contributed by atoms with Gasteiger partial charge in [0.2, 0.25) is 0 Å². The molecule has 0 aliphatic rings. The van der Waals surface area contributed by atoms with Crippen molar-refractivity contribution in [1.29, 1.82) is 0 Å². The molecule has 0 saturated carbocycles. The van der Waals surface area contributed by atoms with Crippen molar-refractivity contribution in [2.24, 2.45) is 5.73 Å². The maximum Gasteiger partial charge on any atom is 0.282 e. The number of nitro groups is 1. The van der Waals surface area contributed by atoms with E-state index in [1.54, 1.807) is 13.0 Å². The van der Waals surface area contributed by atoms with Gasteiger partial charge in [-0.3, -0.25) is 25.8 Å². The fourth-order valence-electron chi connectivity index (χ4n) is 1.18. The number of thiocarbonyl (C=S) groups is 1. The Kier molecular flexibility index (Phi) is 3.94. The zero-order chi connectivity index (χ0) is 13.0. The molecule has 0 unspecified atom stereocenters. The van der Waals surface area contributed by atoms with Gasteiger partial charge < -0.3 is 5.73 Å². The molecule has 0 aromatic heterocycles. The molecule has 17 heavy (non-hydrogen) atoms. The second-order valence-electron chi connectivity index (χ2n) is 3.22. The van der Waals surface area contributed by atoms with Crippen LogP contribution in [0.2, 0.25) is 0 Å². The molecule has 1 rings (SSSR count). The van der Waals surface area contributed by atoms with Crippen LogP contribution in [-0.2, 0) is 0 Å². The number of hydrogen-bond acceptors (Lipinski definition) is 4. The van der Waals surface area contributed by atoms with E-state index in [2.05, 4.69) is 23.1 Å². The summed E-state index contributed by atoms with van der Waals surface area (Å²) in [7, 11) is 0. The minimum absolute atomic E-state index is 0.0567. The number of rotatable bonds is 2. The smallest absolute Gasteiger partial charge is 0.282 e. The van der Waals surface area contributed by atoms with Gasteiger partial charge in [-0.1, -0.05) is 6.07 Å². The van der Waals surface area contributed by atoms with Crippen molar-refractivity contribution in [3.8, 4) is 0 Å². The van der Waals surface area contributed by atoms with E-state index < -0.39 is 10.8 Å². The van der Waals surface area contributed by atoms with E-state index >= 15 is 0 Å². The van der Waals surface area contributed by atoms with Gasteiger partial charge in [0, 0.05) is 6.07 Å². The molecule has 1 aromatic rings. The quantitative estimate of drug-likeness (QED) is 0.400. The number of nitrogens with two attached hydrogens (primary N) is 1. The van der Waals surface area contributed by atoms with Crippen molar-refractivity contribution >= 4 is 28.9 Å². The van der Waals surface area contributed by atoms with Gasteiger partial charge in [0.05, 0.1) is 4.92 Å². The average molecular weight is 254 g/mol. The summed E-state index contributed by atoms with van der Waals surface area (Å²) >= 11 is 4.49. The first-order valence-corrected chi connectivity index (χ1v) is 4.93. The predicted octanol–water partition coefficient (Wildman–Crippen LogP) is 0.381. The van der Waals surface area contributed by atoms with E-state index in [1.165, 1.54) is 12.1 Å². The van der Waals surface area contributed by atoms with Crippen LogP contribution in [0.25, 0.3) is 0 Å². The Hall–Kier alpha value is -2.22. The maximum absolute atomic E-state index is 11.6. The number of nitrogens with one attached hydrogen (secondary N) is 2. The molecule has 0 radical (unpaired) electrons. The van der Waals surface area contributed by atoms with E-state index in [9.17, 15) is 14.9 Å². The van der Waals surface area contributed by atoms with E-state index in [0.717, 1.165) is 5.56 Å². The van der Waals surface area contributed by atoms with Gasteiger partial charge in [0.1, 0.15) is 5.56 Å². The molecule has 0 heterocycles. The standard InChI is InChI=1S/C9H10N4O3S/c1-5-2-3-7(13(15)16)6(4-5)8(14)11-12-9(10)17/h2-4H,1H3,(H,11,14)(H3,10,12,17). The molecule has 4 N–H and O–H groups in total. The first-order valence-electron chi connectivity index (χ1n) is 4.52. The van der Waals surface area contributed by atoms with Crippen LogP contribution in [0, 0.1) is 17.0 Å². The van der Waals surface area contributed by atoms with Crippen LogP contribution in [0.3, 0.4) is 0 Å². The minimum Gasteiger partial charge on any atom is -0.375 e. The molecule has 1 aromatic carbocycles. The number of amides is 1. The summed E-state index contributed by atoms with van der Waals surface area (Å²) in [6.07, 6.45) is 0. The van der Waals surface area contributed by atoms with Crippen LogP contribution in [0.4, 0.5) is 5.69 Å². The fraction of sp³-hybridized carbons (Fsp3) is 0.111. The van der Waals surface area contributed by atoms with Crippen molar-refractivity contribution < 1.29 is 9.72 Å². The van der Waals surface area contributed by atoms with Gasteiger partial charge in [-0.15, -0.1) is 0 Å². The number of benzene rings is 1. The lowest BCUT2D eigenvalue weighted by molar-refractivity contribution is -0.385. The van der Waals surface area contributed by atoms with Gasteiger partial charge >= 0.3 is 0 Å². The van der Waals surface area contributed by atoms with E-state index in [0.29, 0.717) is 0 Å². The number of carbonyl (C=O) groups is 1. The number of hydrazine groups is 1. The van der Waals surface area contributed by atoms with Crippen molar-refractivity contribution in [3.63, 3.8) is 0 Å². The van der Waals surface area contributed by atoms with E-state index in [-0.39, 0.29) is 16.4 Å². The Balaban J connectivity index is 3.02. The zero-order valence-corrected chi connectivity index (χ0v) is 9.71. The highest BCUT2D eigenvalue weighted by Crippen LogP contribution is 2.19. The fourth-order valence-corrected chi connectivity index (χ4v) is 1.23. The lowest BCUT2D eigenvalue weighted by atomic mass is 10.1. The van der Waals surface area contributed by atoms with Crippen LogP contribution in [0.1, 0.15) is 15.9 Å². The Labute approximate surface area is 102 Å². The molecule has 7 nitrogen and oxygen atoms in total. The molecule has 90 valence electrons. The largest absolute Gasteiger partial charge is 0.375 e. The van der Waals surface area contributed by atoms with Gasteiger partial charge in [-0.2, -0.15) is 0 Å². The molecule has 1 amide bonds. The Morgan fingerprint density at radius 1 is 1.47 bits per heavy atom. The Morgan fingerprint density at radius 3 is 2.65 bits per heavy atom. The molecule has 0 saturated heterocycles. The van der Waals surface area contributed by atoms with Gasteiger partial charge in [-0.05, 0) is 30.8 Å². The third-order valence-corrected chi connectivity index (χ3v) is 1.99. The number of nitrogens with zero attached hydrogens (tertiary/aromatic N) is 1. The molecular formula is C9H10N4O3S. The van der Waals surface area contributed by atoms with E-state index in [4.69, 9.17) is 5.73 Å². The number of carbonyl (C=O) groups excluding carboxylic acids is 1. The van der Waals surface area contributed by atoms with Crippen molar-refractivity contribution in [3.05, 3.63) is 39.4 Å². The zero-order valence-electron chi connectivity index (χ0n) is 8.89. The van der Waals surface area contributed by atoms with Gasteiger partial charge in [0.25, 0.3) is 11.6 Å². The molecule has 0 spiro atoms. The monoisotopic (exact) mass is 254 g/mol. The van der Waals surface area contributed by atoms with E-state index in [1.807, 2.05) is 0 Å². The highest BCUT2D eigenvalue weighted by Gasteiger charge is 2.19. The van der Waals surface area contributed by atoms with Crippen LogP contribution in [0.15, 0.2) is 18.2 Å². The van der Waals surface area contributed by atoms with Crippen LogP contribution in [0.5, 0.6) is 0 Å². The lowest BCUT2D eigenvalue weighted by Gasteiger charge is -2.07. The normalized spacial score (nSPS) is 9.47. The maximum atomic E-state index is 11.6. The first kappa shape index (κ1) is 12.8. The highest BCUT2D eigenvalue weighted by atomic mass is 32.1. The van der Waals surface area contributed by atoms with Crippen molar-refractivity contribution in [1.82, 2.24) is 10.9 Å². The molecule has 0 aliphatic carbocycles. The predicted molar refractivity (Wildman–Crippen MR) is 65.2 cm³/mol. The molecular weight excluding hydrogens is 244 g/mol. The molecule has 0 bridgehead atoms. The summed E-state index contributed by atoms with van der Waals surface area (Å²) in [5.41, 5.74) is 9.89. The summed E-state index contributed by atoms with van der Waals surface area (Å²) in [6.45, 7) is 1.72. The molecule has 0 fully saturated rings.